The monoisotopic (exact) mass is 389 g/mol. The van der Waals surface area contributed by atoms with E-state index < -0.39 is 11.9 Å². The number of ether oxygens (including phenoxy) is 1. The predicted octanol–water partition coefficient (Wildman–Crippen LogP) is 2.50. The second-order valence-corrected chi connectivity index (χ2v) is 5.42. The van der Waals surface area contributed by atoms with Gasteiger partial charge in [-0.3, -0.25) is 0 Å². The molecule has 0 amide bonds. The van der Waals surface area contributed by atoms with Crippen molar-refractivity contribution in [3.63, 3.8) is 0 Å². The average molecular weight is 389 g/mol. The summed E-state index contributed by atoms with van der Waals surface area (Å²) in [7, 11) is 1.54. The topological polar surface area (TPSA) is 134 Å². The lowest BCUT2D eigenvalue weighted by atomic mass is 10.1. The first kappa shape index (κ1) is 22.4. The van der Waals surface area contributed by atoms with Crippen LogP contribution in [0.15, 0.2) is 54.1 Å². The van der Waals surface area contributed by atoms with E-state index >= 15 is 0 Å². The molecule has 0 unspecified atom stereocenters. The van der Waals surface area contributed by atoms with E-state index in [0.717, 1.165) is 35.6 Å². The Morgan fingerprint density at radius 2 is 1.82 bits per heavy atom. The van der Waals surface area contributed by atoms with Crippen LogP contribution in [0.3, 0.4) is 0 Å². The lowest BCUT2D eigenvalue weighted by Gasteiger charge is -2.06. The van der Waals surface area contributed by atoms with E-state index in [9.17, 15) is 9.59 Å². The van der Waals surface area contributed by atoms with Gasteiger partial charge in [0, 0.05) is 24.0 Å². The van der Waals surface area contributed by atoms with Crippen molar-refractivity contribution in [3.8, 4) is 5.75 Å². The number of hydrogen-bond acceptors (Lipinski definition) is 6. The Labute approximate surface area is 162 Å². The Morgan fingerprint density at radius 3 is 2.32 bits per heavy atom. The molecule has 0 atom stereocenters. The number of carboxylic acid groups (broad SMARTS) is 2. The molecule has 0 saturated heterocycles. The van der Waals surface area contributed by atoms with Crippen LogP contribution in [-0.4, -0.2) is 51.5 Å². The van der Waals surface area contributed by atoms with Gasteiger partial charge in [0.25, 0.3) is 0 Å². The number of nitrogens with one attached hydrogen (secondary N) is 1. The molecular formula is C19H23N3O6. The Balaban J connectivity index is 0.000000416. The highest BCUT2D eigenvalue weighted by Crippen LogP contribution is 2.13. The van der Waals surface area contributed by atoms with Gasteiger partial charge in [-0.05, 0) is 49.6 Å². The number of oxime groups is 1. The molecule has 0 saturated carbocycles. The van der Waals surface area contributed by atoms with Crippen molar-refractivity contribution < 1.29 is 29.4 Å². The fourth-order valence-corrected chi connectivity index (χ4v) is 2.00. The summed E-state index contributed by atoms with van der Waals surface area (Å²) in [6.45, 7) is 2.59. The minimum atomic E-state index is -1.26. The number of benzene rings is 1. The first-order chi connectivity index (χ1) is 13.4. The normalized spacial score (nSPS) is 10.9. The van der Waals surface area contributed by atoms with Gasteiger partial charge in [-0.15, -0.1) is 0 Å². The maximum Gasteiger partial charge on any atom is 0.328 e. The van der Waals surface area contributed by atoms with Crippen LogP contribution < -0.4 is 4.74 Å². The Kier molecular flexibility index (Phi) is 10.2. The molecular weight excluding hydrogens is 366 g/mol. The first-order valence-electron chi connectivity index (χ1n) is 8.34. The third-order valence-electron chi connectivity index (χ3n) is 3.28. The summed E-state index contributed by atoms with van der Waals surface area (Å²) in [6.07, 6.45) is 6.54. The molecule has 2 aromatic rings. The SMILES string of the molecule is CO/N=C(\C)c1ccc(OCCCc2cnc[nH]2)cc1.O=C(O)/C=C\C(=O)O. The number of hydrogen-bond donors (Lipinski definition) is 3. The van der Waals surface area contributed by atoms with E-state index in [2.05, 4.69) is 15.1 Å². The molecule has 0 fully saturated rings. The highest BCUT2D eigenvalue weighted by molar-refractivity contribution is 5.98. The summed E-state index contributed by atoms with van der Waals surface area (Å²) in [4.78, 5) is 30.9. The van der Waals surface area contributed by atoms with Gasteiger partial charge in [0.1, 0.15) is 12.9 Å². The summed E-state index contributed by atoms with van der Waals surface area (Å²) in [5.41, 5.74) is 3.00. The fraction of sp³-hybridized carbons (Fsp3) is 0.263. The second-order valence-electron chi connectivity index (χ2n) is 5.42. The molecule has 0 radical (unpaired) electrons. The summed E-state index contributed by atoms with van der Waals surface area (Å²) < 4.78 is 5.69. The van der Waals surface area contributed by atoms with Gasteiger partial charge >= 0.3 is 11.9 Å². The number of aromatic amines is 1. The van der Waals surface area contributed by atoms with Crippen LogP contribution in [0.5, 0.6) is 5.75 Å². The Hall–Kier alpha value is -3.62. The molecule has 28 heavy (non-hydrogen) atoms. The molecule has 0 spiro atoms. The van der Waals surface area contributed by atoms with E-state index in [4.69, 9.17) is 19.8 Å². The van der Waals surface area contributed by atoms with Crippen molar-refractivity contribution in [3.05, 3.63) is 60.2 Å². The van der Waals surface area contributed by atoms with Crippen LogP contribution in [0.1, 0.15) is 24.6 Å². The lowest BCUT2D eigenvalue weighted by Crippen LogP contribution is -2.00. The molecule has 9 heteroatoms. The number of carboxylic acids is 2. The van der Waals surface area contributed by atoms with Gasteiger partial charge in [0.15, 0.2) is 0 Å². The molecule has 1 aromatic carbocycles. The van der Waals surface area contributed by atoms with Gasteiger partial charge in [-0.2, -0.15) is 0 Å². The van der Waals surface area contributed by atoms with Crippen LogP contribution >= 0.6 is 0 Å². The second kappa shape index (κ2) is 12.7. The maximum atomic E-state index is 9.55. The van der Waals surface area contributed by atoms with Crippen LogP contribution in [0.25, 0.3) is 0 Å². The number of aromatic nitrogens is 2. The number of imidazole rings is 1. The van der Waals surface area contributed by atoms with Crippen molar-refractivity contribution in [2.45, 2.75) is 19.8 Å². The van der Waals surface area contributed by atoms with Gasteiger partial charge in [-0.1, -0.05) is 5.16 Å². The molecule has 1 heterocycles. The van der Waals surface area contributed by atoms with E-state index in [1.54, 1.807) is 13.4 Å². The minimum absolute atomic E-state index is 0.558. The van der Waals surface area contributed by atoms with Crippen molar-refractivity contribution in [1.82, 2.24) is 9.97 Å². The lowest BCUT2D eigenvalue weighted by molar-refractivity contribution is -0.134. The smallest absolute Gasteiger partial charge is 0.328 e. The zero-order valence-electron chi connectivity index (χ0n) is 15.7. The first-order valence-corrected chi connectivity index (χ1v) is 8.34. The van der Waals surface area contributed by atoms with Crippen LogP contribution in [0.2, 0.25) is 0 Å². The van der Waals surface area contributed by atoms with E-state index in [1.165, 1.54) is 0 Å². The van der Waals surface area contributed by atoms with E-state index in [0.29, 0.717) is 18.8 Å². The van der Waals surface area contributed by atoms with Gasteiger partial charge in [0.05, 0.1) is 18.6 Å². The van der Waals surface area contributed by atoms with E-state index in [1.807, 2.05) is 37.4 Å². The number of rotatable bonds is 9. The molecule has 150 valence electrons. The minimum Gasteiger partial charge on any atom is -0.494 e. The standard InChI is InChI=1S/C15H19N3O2.C4H4O4/c1-12(18-19-2)13-5-7-15(8-6-13)20-9-3-4-14-10-16-11-17-14;5-3(6)1-2-4(7)8/h5-8,10-11H,3-4,9H2,1-2H3,(H,16,17);1-2H,(H,5,6)(H,7,8)/b18-12+;2-1-. The largest absolute Gasteiger partial charge is 0.494 e. The highest BCUT2D eigenvalue weighted by Gasteiger charge is 2.00. The van der Waals surface area contributed by atoms with E-state index in [-0.39, 0.29) is 0 Å². The summed E-state index contributed by atoms with van der Waals surface area (Å²) in [6, 6.07) is 7.84. The summed E-state index contributed by atoms with van der Waals surface area (Å²) >= 11 is 0. The molecule has 0 aliphatic rings. The average Bonchev–Trinajstić information content (AvgIpc) is 3.18. The maximum absolute atomic E-state index is 9.55. The molecule has 0 aliphatic carbocycles. The quantitative estimate of drug-likeness (QED) is 0.260. The number of aryl methyl sites for hydroxylation is 1. The van der Waals surface area contributed by atoms with Crippen molar-refractivity contribution in [1.29, 1.82) is 0 Å². The zero-order valence-corrected chi connectivity index (χ0v) is 15.7. The van der Waals surface area contributed by atoms with Crippen LogP contribution in [0.4, 0.5) is 0 Å². The molecule has 3 N–H and O–H groups in total. The number of aliphatic carboxylic acids is 2. The van der Waals surface area contributed by atoms with Crippen molar-refractivity contribution in [2.24, 2.45) is 5.16 Å². The molecule has 9 nitrogen and oxygen atoms in total. The number of carbonyl (C=O) groups is 2. The van der Waals surface area contributed by atoms with Crippen LogP contribution in [0, 0.1) is 0 Å². The third kappa shape index (κ3) is 9.76. The van der Waals surface area contributed by atoms with Gasteiger partial charge in [-0.25, -0.2) is 14.6 Å². The molecule has 0 bridgehead atoms. The van der Waals surface area contributed by atoms with Gasteiger partial charge < -0.3 is 24.8 Å². The molecule has 0 aliphatic heterocycles. The molecule has 2 rings (SSSR count). The fourth-order valence-electron chi connectivity index (χ4n) is 2.00. The number of H-pyrrole nitrogens is 1. The predicted molar refractivity (Wildman–Crippen MR) is 102 cm³/mol. The summed E-state index contributed by atoms with van der Waals surface area (Å²) in [5.74, 6) is -1.65. The van der Waals surface area contributed by atoms with Gasteiger partial charge in [0.2, 0.25) is 0 Å². The Bertz CT molecular complexity index is 767. The number of nitrogens with zero attached hydrogens (tertiary/aromatic N) is 2. The van der Waals surface area contributed by atoms with Crippen molar-refractivity contribution in [2.75, 3.05) is 13.7 Å². The van der Waals surface area contributed by atoms with Crippen molar-refractivity contribution >= 4 is 17.7 Å². The Morgan fingerprint density at radius 1 is 1.18 bits per heavy atom. The zero-order chi connectivity index (χ0) is 20.8. The van der Waals surface area contributed by atoms with Crippen LogP contribution in [-0.2, 0) is 20.8 Å². The third-order valence-corrected chi connectivity index (χ3v) is 3.28. The summed E-state index contributed by atoms with van der Waals surface area (Å²) in [5, 5.41) is 19.5. The molecule has 1 aromatic heterocycles. The highest BCUT2D eigenvalue weighted by atomic mass is 16.6.